The molecule has 0 amide bonds. The number of aliphatic carboxylic acids is 1. The van der Waals surface area contributed by atoms with Crippen molar-refractivity contribution in [3.63, 3.8) is 0 Å². The minimum atomic E-state index is -1.62. The molecule has 3 N–H and O–H groups in total. The summed E-state index contributed by atoms with van der Waals surface area (Å²) in [6.07, 6.45) is 3.23. The second-order valence-corrected chi connectivity index (χ2v) is 4.64. The lowest BCUT2D eigenvalue weighted by Crippen LogP contribution is -2.22. The Labute approximate surface area is 114 Å². The van der Waals surface area contributed by atoms with E-state index in [-0.39, 0.29) is 6.04 Å². The number of rotatable bonds is 4. The third-order valence-electron chi connectivity index (χ3n) is 2.76. The van der Waals surface area contributed by atoms with Gasteiger partial charge in [0.2, 0.25) is 5.83 Å². The van der Waals surface area contributed by atoms with E-state index in [0.29, 0.717) is 16.4 Å². The Morgan fingerprint density at radius 2 is 2.47 bits per heavy atom. The number of aromatic nitrogens is 1. The molecule has 1 aliphatic rings. The van der Waals surface area contributed by atoms with Crippen molar-refractivity contribution in [2.45, 2.75) is 12.5 Å². The molecule has 1 atom stereocenters. The number of carbonyl (C=O) groups is 1. The number of nitrogens with one attached hydrogen (secondary N) is 2. The van der Waals surface area contributed by atoms with E-state index in [1.54, 1.807) is 0 Å². The molecule has 102 valence electrons. The summed E-state index contributed by atoms with van der Waals surface area (Å²) < 4.78 is 12.9. The highest BCUT2D eigenvalue weighted by Crippen LogP contribution is 2.23. The van der Waals surface area contributed by atoms with Crippen LogP contribution >= 0.6 is 11.6 Å². The molecule has 0 aliphatic carbocycles. The van der Waals surface area contributed by atoms with E-state index in [2.05, 4.69) is 15.6 Å². The molecular formula is C12H13ClFN3O2. The molecule has 0 spiro atoms. The minimum absolute atomic E-state index is 0.266. The van der Waals surface area contributed by atoms with Crippen LogP contribution in [-0.4, -0.2) is 35.2 Å². The first kappa shape index (κ1) is 13.8. The van der Waals surface area contributed by atoms with Gasteiger partial charge in [-0.25, -0.2) is 9.78 Å². The number of hydrogen-bond donors (Lipinski definition) is 3. The second-order valence-electron chi connectivity index (χ2n) is 4.23. The van der Waals surface area contributed by atoms with Crippen LogP contribution in [-0.2, 0) is 4.79 Å². The van der Waals surface area contributed by atoms with Crippen LogP contribution < -0.4 is 10.6 Å². The summed E-state index contributed by atoms with van der Waals surface area (Å²) in [5, 5.41) is 15.2. The summed E-state index contributed by atoms with van der Waals surface area (Å²) in [6.45, 7) is 1.78. The molecule has 2 heterocycles. The van der Waals surface area contributed by atoms with Crippen molar-refractivity contribution in [1.29, 1.82) is 0 Å². The number of nitrogens with zero attached hydrogens (tertiary/aromatic N) is 1. The zero-order valence-corrected chi connectivity index (χ0v) is 10.7. The Kier molecular flexibility index (Phi) is 4.34. The molecule has 2 rings (SSSR count). The van der Waals surface area contributed by atoms with E-state index in [4.69, 9.17) is 16.7 Å². The van der Waals surface area contributed by atoms with Gasteiger partial charge in [0.25, 0.3) is 0 Å². The summed E-state index contributed by atoms with van der Waals surface area (Å²) in [7, 11) is 0. The summed E-state index contributed by atoms with van der Waals surface area (Å²) in [6, 6.07) is 1.74. The minimum Gasteiger partial charge on any atom is -0.476 e. The smallest absolute Gasteiger partial charge is 0.364 e. The van der Waals surface area contributed by atoms with Gasteiger partial charge < -0.3 is 15.7 Å². The molecule has 5 nitrogen and oxygen atoms in total. The lowest BCUT2D eigenvalue weighted by molar-refractivity contribution is -0.134. The summed E-state index contributed by atoms with van der Waals surface area (Å²) in [4.78, 5) is 14.4. The largest absolute Gasteiger partial charge is 0.476 e. The Morgan fingerprint density at radius 1 is 1.68 bits per heavy atom. The Morgan fingerprint density at radius 3 is 3.05 bits per heavy atom. The molecule has 0 aromatic carbocycles. The standard InChI is InChI=1S/C12H13ClFN3O2/c13-9-3-7(4-10(14)12(18)19)5-16-11(9)17-8-1-2-15-6-8/h3-5,8,15H,1-2,6H2,(H,16,17)(H,18,19)/b10-4-/t8-/m1/s1. The fourth-order valence-electron chi connectivity index (χ4n) is 1.82. The molecule has 0 unspecified atom stereocenters. The van der Waals surface area contributed by atoms with E-state index in [9.17, 15) is 9.18 Å². The van der Waals surface area contributed by atoms with Crippen molar-refractivity contribution in [2.75, 3.05) is 18.4 Å². The first-order chi connectivity index (χ1) is 9.06. The summed E-state index contributed by atoms with van der Waals surface area (Å²) in [5.41, 5.74) is 0.306. The van der Waals surface area contributed by atoms with Crippen LogP contribution in [0.15, 0.2) is 18.1 Å². The van der Waals surface area contributed by atoms with Crippen LogP contribution in [0, 0.1) is 0 Å². The fraction of sp³-hybridized carbons (Fsp3) is 0.333. The van der Waals surface area contributed by atoms with Crippen molar-refractivity contribution >= 4 is 29.5 Å². The number of anilines is 1. The predicted octanol–water partition coefficient (Wildman–Crippen LogP) is 1.90. The molecular weight excluding hydrogens is 273 g/mol. The van der Waals surface area contributed by atoms with E-state index >= 15 is 0 Å². The van der Waals surface area contributed by atoms with Crippen molar-refractivity contribution < 1.29 is 14.3 Å². The van der Waals surface area contributed by atoms with Crippen LogP contribution in [0.3, 0.4) is 0 Å². The van der Waals surface area contributed by atoms with Gasteiger partial charge >= 0.3 is 5.97 Å². The Hall–Kier alpha value is -1.66. The van der Waals surface area contributed by atoms with Crippen LogP contribution in [0.25, 0.3) is 6.08 Å². The number of halogens is 2. The van der Waals surface area contributed by atoms with Crippen LogP contribution in [0.2, 0.25) is 5.02 Å². The average molecular weight is 286 g/mol. The van der Waals surface area contributed by atoms with E-state index in [1.807, 2.05) is 0 Å². The molecule has 1 aromatic rings. The van der Waals surface area contributed by atoms with Gasteiger partial charge in [-0.3, -0.25) is 0 Å². The number of carboxylic acids is 1. The van der Waals surface area contributed by atoms with E-state index in [1.165, 1.54) is 12.3 Å². The molecule has 1 saturated heterocycles. The maximum absolute atomic E-state index is 12.9. The van der Waals surface area contributed by atoms with E-state index in [0.717, 1.165) is 25.6 Å². The lowest BCUT2D eigenvalue weighted by Gasteiger charge is -2.13. The van der Waals surface area contributed by atoms with Gasteiger partial charge in [-0.2, -0.15) is 4.39 Å². The van der Waals surface area contributed by atoms with Crippen LogP contribution in [0.4, 0.5) is 10.2 Å². The van der Waals surface area contributed by atoms with Crippen molar-refractivity contribution in [2.24, 2.45) is 0 Å². The molecule has 0 saturated carbocycles. The normalized spacial score (nSPS) is 19.5. The van der Waals surface area contributed by atoms with E-state index < -0.39 is 11.8 Å². The molecule has 1 aromatic heterocycles. The molecule has 1 fully saturated rings. The highest BCUT2D eigenvalue weighted by molar-refractivity contribution is 6.33. The van der Waals surface area contributed by atoms with Crippen molar-refractivity contribution in [3.8, 4) is 0 Å². The zero-order valence-electron chi connectivity index (χ0n) is 9.99. The van der Waals surface area contributed by atoms with Gasteiger partial charge in [0, 0.05) is 18.8 Å². The molecule has 0 radical (unpaired) electrons. The lowest BCUT2D eigenvalue weighted by atomic mass is 10.2. The highest BCUT2D eigenvalue weighted by atomic mass is 35.5. The number of hydrogen-bond acceptors (Lipinski definition) is 4. The highest BCUT2D eigenvalue weighted by Gasteiger charge is 2.16. The molecule has 1 aliphatic heterocycles. The average Bonchev–Trinajstić information content (AvgIpc) is 2.85. The third-order valence-corrected chi connectivity index (χ3v) is 3.05. The molecule has 7 heteroatoms. The Bertz CT molecular complexity index is 516. The first-order valence-corrected chi connectivity index (χ1v) is 6.17. The quantitative estimate of drug-likeness (QED) is 0.737. The van der Waals surface area contributed by atoms with Gasteiger partial charge in [0.15, 0.2) is 0 Å². The van der Waals surface area contributed by atoms with Crippen molar-refractivity contribution in [3.05, 3.63) is 28.7 Å². The number of carboxylic acid groups (broad SMARTS) is 1. The third kappa shape index (κ3) is 3.65. The summed E-state index contributed by atoms with van der Waals surface area (Å²) >= 11 is 6.03. The second kappa shape index (κ2) is 5.99. The molecule has 0 bridgehead atoms. The topological polar surface area (TPSA) is 74.2 Å². The fourth-order valence-corrected chi connectivity index (χ4v) is 2.05. The van der Waals surface area contributed by atoms with Crippen LogP contribution in [0.1, 0.15) is 12.0 Å². The maximum Gasteiger partial charge on any atom is 0.364 e. The monoisotopic (exact) mass is 285 g/mol. The van der Waals surface area contributed by atoms with Crippen molar-refractivity contribution in [1.82, 2.24) is 10.3 Å². The Balaban J connectivity index is 2.12. The number of pyridine rings is 1. The van der Waals surface area contributed by atoms with Crippen LogP contribution in [0.5, 0.6) is 0 Å². The SMILES string of the molecule is O=C(O)/C(F)=C/c1cnc(N[C@@H]2CCNC2)c(Cl)c1. The zero-order chi connectivity index (χ0) is 13.8. The van der Waals surface area contributed by atoms with Gasteiger partial charge in [0.05, 0.1) is 5.02 Å². The van der Waals surface area contributed by atoms with Gasteiger partial charge in [0.1, 0.15) is 5.82 Å². The summed E-state index contributed by atoms with van der Waals surface area (Å²) in [5.74, 6) is -2.35. The molecule has 19 heavy (non-hydrogen) atoms. The van der Waals surface area contributed by atoms with Gasteiger partial charge in [-0.05, 0) is 30.7 Å². The maximum atomic E-state index is 12.9. The first-order valence-electron chi connectivity index (χ1n) is 5.79. The van der Waals surface area contributed by atoms with Gasteiger partial charge in [-0.15, -0.1) is 0 Å². The predicted molar refractivity (Wildman–Crippen MR) is 70.9 cm³/mol. The van der Waals surface area contributed by atoms with Gasteiger partial charge in [-0.1, -0.05) is 11.6 Å².